The van der Waals surface area contributed by atoms with Gasteiger partial charge >= 0.3 is 0 Å². The zero-order valence-corrected chi connectivity index (χ0v) is 17.0. The number of terminal acetylenes is 1. The molecule has 0 aromatic heterocycles. The first-order chi connectivity index (χ1) is 13.5. The molecule has 2 amide bonds. The summed E-state index contributed by atoms with van der Waals surface area (Å²) in [5.41, 5.74) is 3.53. The molecule has 2 aromatic carbocycles. The Morgan fingerprint density at radius 2 is 2.04 bits per heavy atom. The molecule has 0 bridgehead atoms. The van der Waals surface area contributed by atoms with Crippen LogP contribution in [0, 0.1) is 12.3 Å². The van der Waals surface area contributed by atoms with Gasteiger partial charge in [0, 0.05) is 4.47 Å². The van der Waals surface area contributed by atoms with Crippen LogP contribution in [0.4, 0.5) is 5.69 Å². The number of hydrazine groups is 1. The van der Waals surface area contributed by atoms with Crippen molar-refractivity contribution in [1.82, 2.24) is 5.43 Å². The summed E-state index contributed by atoms with van der Waals surface area (Å²) in [6.07, 6.45) is 6.65. The zero-order chi connectivity index (χ0) is 20.3. The Balaban J connectivity index is 2.01. The van der Waals surface area contributed by atoms with Gasteiger partial charge in [0.2, 0.25) is 0 Å². The van der Waals surface area contributed by atoms with Crippen LogP contribution in [-0.2, 0) is 9.59 Å². The largest absolute Gasteiger partial charge is 0.493 e. The Morgan fingerprint density at radius 1 is 1.32 bits per heavy atom. The smallest absolute Gasteiger partial charge is 0.282 e. The fraction of sp³-hybridized carbons (Fsp3) is 0.100. The zero-order valence-electron chi connectivity index (χ0n) is 14.7. The van der Waals surface area contributed by atoms with Crippen molar-refractivity contribution in [3.63, 3.8) is 0 Å². The molecule has 1 N–H and O–H groups in total. The van der Waals surface area contributed by atoms with Crippen LogP contribution in [0.15, 0.2) is 46.4 Å². The number of hydrogen-bond acceptors (Lipinski definition) is 4. The Hall–Kier alpha value is -2.95. The van der Waals surface area contributed by atoms with Gasteiger partial charge in [-0.3, -0.25) is 15.0 Å². The van der Waals surface area contributed by atoms with E-state index >= 15 is 0 Å². The van der Waals surface area contributed by atoms with Gasteiger partial charge in [-0.1, -0.05) is 35.7 Å². The summed E-state index contributed by atoms with van der Waals surface area (Å²) in [5, 5.41) is 1.40. The van der Waals surface area contributed by atoms with E-state index in [1.165, 1.54) is 18.2 Å². The van der Waals surface area contributed by atoms with Gasteiger partial charge in [0.25, 0.3) is 11.8 Å². The van der Waals surface area contributed by atoms with Crippen molar-refractivity contribution in [2.45, 2.75) is 0 Å². The number of ether oxygens (including phenoxy) is 2. The lowest BCUT2D eigenvalue weighted by molar-refractivity contribution is -0.117. The second-order valence-electron chi connectivity index (χ2n) is 5.59. The maximum Gasteiger partial charge on any atom is 0.282 e. The van der Waals surface area contributed by atoms with Gasteiger partial charge in [0.1, 0.15) is 17.2 Å². The minimum atomic E-state index is -0.525. The molecule has 1 heterocycles. The number of methoxy groups -OCH3 is 1. The van der Waals surface area contributed by atoms with E-state index in [0.29, 0.717) is 21.5 Å². The summed E-state index contributed by atoms with van der Waals surface area (Å²) in [7, 11) is 1.45. The lowest BCUT2D eigenvalue weighted by atomic mass is 10.1. The van der Waals surface area contributed by atoms with Crippen molar-refractivity contribution in [2.75, 3.05) is 18.7 Å². The van der Waals surface area contributed by atoms with Gasteiger partial charge in [-0.15, -0.1) is 6.42 Å². The first-order valence-corrected chi connectivity index (χ1v) is 9.19. The molecule has 0 aliphatic carbocycles. The molecule has 1 saturated heterocycles. The number of carbonyl (C=O) groups excluding carboxylic acids is 2. The van der Waals surface area contributed by atoms with E-state index in [0.717, 1.165) is 0 Å². The van der Waals surface area contributed by atoms with Crippen molar-refractivity contribution < 1.29 is 19.1 Å². The quantitative estimate of drug-likeness (QED) is 0.420. The van der Waals surface area contributed by atoms with Crippen molar-refractivity contribution in [3.8, 4) is 23.8 Å². The number of anilines is 1. The lowest BCUT2D eigenvalue weighted by Crippen LogP contribution is -2.35. The molecular formula is C20H14BrClN2O4. The molecule has 8 heteroatoms. The Labute approximate surface area is 175 Å². The van der Waals surface area contributed by atoms with Gasteiger partial charge < -0.3 is 9.47 Å². The first-order valence-electron chi connectivity index (χ1n) is 8.02. The van der Waals surface area contributed by atoms with Crippen LogP contribution in [0.5, 0.6) is 11.5 Å². The highest BCUT2D eigenvalue weighted by molar-refractivity contribution is 9.10. The summed E-state index contributed by atoms with van der Waals surface area (Å²) in [6, 6.07) is 10.4. The van der Waals surface area contributed by atoms with E-state index in [-0.39, 0.29) is 23.0 Å². The van der Waals surface area contributed by atoms with E-state index < -0.39 is 11.8 Å². The first kappa shape index (κ1) is 19.8. The van der Waals surface area contributed by atoms with Crippen LogP contribution in [0.1, 0.15) is 5.56 Å². The van der Waals surface area contributed by atoms with Crippen LogP contribution < -0.4 is 19.9 Å². The average molecular weight is 462 g/mol. The number of benzene rings is 2. The number of para-hydroxylation sites is 1. The van der Waals surface area contributed by atoms with E-state index in [1.54, 1.807) is 30.3 Å². The third kappa shape index (κ3) is 3.70. The molecule has 6 nitrogen and oxygen atoms in total. The monoisotopic (exact) mass is 460 g/mol. The third-order valence-corrected chi connectivity index (χ3v) is 5.32. The average Bonchev–Trinajstić information content (AvgIpc) is 2.99. The molecular weight excluding hydrogens is 448 g/mol. The van der Waals surface area contributed by atoms with Gasteiger partial charge in [0.15, 0.2) is 11.5 Å². The Morgan fingerprint density at radius 3 is 2.68 bits per heavy atom. The topological polar surface area (TPSA) is 67.9 Å². The molecule has 0 atom stereocenters. The van der Waals surface area contributed by atoms with Crippen LogP contribution in [0.3, 0.4) is 0 Å². The minimum Gasteiger partial charge on any atom is -0.493 e. The fourth-order valence-electron chi connectivity index (χ4n) is 2.58. The number of rotatable bonds is 5. The second-order valence-corrected chi connectivity index (χ2v) is 6.76. The van der Waals surface area contributed by atoms with Gasteiger partial charge in [-0.2, -0.15) is 0 Å². The summed E-state index contributed by atoms with van der Waals surface area (Å²) >= 11 is 9.73. The van der Waals surface area contributed by atoms with E-state index in [2.05, 4.69) is 27.3 Å². The van der Waals surface area contributed by atoms with Gasteiger partial charge in [0.05, 0.1) is 12.8 Å². The van der Waals surface area contributed by atoms with E-state index in [1.807, 2.05) is 6.07 Å². The van der Waals surface area contributed by atoms with Crippen LogP contribution >= 0.6 is 27.5 Å². The highest BCUT2D eigenvalue weighted by Gasteiger charge is 2.34. The molecule has 3 rings (SSSR count). The molecule has 1 aliphatic rings. The highest BCUT2D eigenvalue weighted by atomic mass is 79.9. The minimum absolute atomic E-state index is 0.00981. The van der Waals surface area contributed by atoms with Gasteiger partial charge in [-0.25, -0.2) is 5.01 Å². The van der Waals surface area contributed by atoms with Crippen molar-refractivity contribution in [1.29, 1.82) is 0 Å². The maximum absolute atomic E-state index is 12.7. The van der Waals surface area contributed by atoms with Crippen LogP contribution in [-0.4, -0.2) is 25.5 Å². The summed E-state index contributed by atoms with van der Waals surface area (Å²) in [5.74, 6) is 1.94. The van der Waals surface area contributed by atoms with Crippen molar-refractivity contribution >= 4 is 51.1 Å². The fourth-order valence-corrected chi connectivity index (χ4v) is 3.25. The van der Waals surface area contributed by atoms with Crippen LogP contribution in [0.25, 0.3) is 6.08 Å². The summed E-state index contributed by atoms with van der Waals surface area (Å²) in [4.78, 5) is 25.1. The number of hydrogen-bond donors (Lipinski definition) is 1. The molecule has 0 unspecified atom stereocenters. The number of halogens is 2. The Kier molecular flexibility index (Phi) is 5.93. The summed E-state index contributed by atoms with van der Waals surface area (Å²) < 4.78 is 11.2. The van der Waals surface area contributed by atoms with Crippen molar-refractivity contribution in [3.05, 3.63) is 57.0 Å². The van der Waals surface area contributed by atoms with Gasteiger partial charge in [-0.05, 0) is 45.8 Å². The standard InChI is InChI=1S/C20H14BrClN2O4/c1-3-9-28-18-15(27-2)11-12(16(21)17(18)22)10-14-19(25)23-24(20(14)26)13-7-5-4-6-8-13/h1,4-8,10-11H,9H2,2H3,(H,23,25). The lowest BCUT2D eigenvalue weighted by Gasteiger charge is -2.14. The highest BCUT2D eigenvalue weighted by Crippen LogP contribution is 2.43. The molecule has 0 radical (unpaired) electrons. The number of carbonyl (C=O) groups is 2. The SMILES string of the molecule is C#CCOc1c(OC)cc(C=C2C(=O)NN(c3ccccc3)C2=O)c(Br)c1Cl. The Bertz CT molecular complexity index is 1020. The molecule has 142 valence electrons. The molecule has 1 fully saturated rings. The molecule has 1 aliphatic heterocycles. The number of amides is 2. The number of nitrogens with zero attached hydrogens (tertiary/aromatic N) is 1. The van der Waals surface area contributed by atoms with E-state index in [9.17, 15) is 9.59 Å². The van der Waals surface area contributed by atoms with E-state index in [4.69, 9.17) is 27.5 Å². The molecule has 0 saturated carbocycles. The normalized spacial score (nSPS) is 14.8. The molecule has 28 heavy (non-hydrogen) atoms. The second kappa shape index (κ2) is 8.38. The van der Waals surface area contributed by atoms with Crippen molar-refractivity contribution in [2.24, 2.45) is 0 Å². The van der Waals surface area contributed by atoms with Crippen LogP contribution in [0.2, 0.25) is 5.02 Å². The maximum atomic E-state index is 12.7. The molecule has 0 spiro atoms. The third-order valence-electron chi connectivity index (χ3n) is 3.88. The molecule has 2 aromatic rings. The predicted octanol–water partition coefficient (Wildman–Crippen LogP) is 3.58. The summed E-state index contributed by atoms with van der Waals surface area (Å²) in [6.45, 7) is 0.00981. The predicted molar refractivity (Wildman–Crippen MR) is 110 cm³/mol. The number of nitrogens with one attached hydrogen (secondary N) is 1.